The van der Waals surface area contributed by atoms with E-state index in [2.05, 4.69) is 15.8 Å². The molecule has 1 fully saturated rings. The summed E-state index contributed by atoms with van der Waals surface area (Å²) >= 11 is 0. The lowest BCUT2D eigenvalue weighted by Crippen LogP contribution is -2.50. The zero-order valence-electron chi connectivity index (χ0n) is 11.1. The van der Waals surface area contributed by atoms with Crippen molar-refractivity contribution in [1.82, 2.24) is 15.8 Å². The molecule has 20 heavy (non-hydrogen) atoms. The molecule has 0 atom stereocenters. The number of hydrazine groups is 1. The van der Waals surface area contributed by atoms with Crippen LogP contribution in [0.5, 0.6) is 11.5 Å². The van der Waals surface area contributed by atoms with Crippen molar-refractivity contribution in [3.63, 3.8) is 0 Å². The van der Waals surface area contributed by atoms with Gasteiger partial charge in [0.15, 0.2) is 0 Å². The highest BCUT2D eigenvalue weighted by atomic mass is 16.5. The third kappa shape index (κ3) is 4.09. The van der Waals surface area contributed by atoms with Crippen molar-refractivity contribution >= 4 is 5.97 Å². The zero-order valence-corrected chi connectivity index (χ0v) is 11.1. The number of hydrogen-bond acceptors (Lipinski definition) is 6. The number of carboxylic acids is 1. The number of hydrogen-bond donors (Lipinski definition) is 4. The molecule has 0 radical (unpaired) electrons. The Bertz CT molecular complexity index is 461. The standard InChI is InChI=1S/C13H19N3O4/c17-12-8-10(2-3-11(12)13(18)19)20-7-5-15-16-6-1-4-14-9-16/h2-3,8,14-15,17H,1,4-7,9H2,(H,18,19). The first-order valence-electron chi connectivity index (χ1n) is 6.55. The minimum Gasteiger partial charge on any atom is -0.507 e. The average molecular weight is 281 g/mol. The fraction of sp³-hybridized carbons (Fsp3) is 0.462. The summed E-state index contributed by atoms with van der Waals surface area (Å²) in [5.41, 5.74) is 3.10. The Kier molecular flexibility index (Phi) is 5.16. The summed E-state index contributed by atoms with van der Waals surface area (Å²) in [6.07, 6.45) is 1.11. The summed E-state index contributed by atoms with van der Waals surface area (Å²) in [6.45, 7) is 3.94. The van der Waals surface area contributed by atoms with E-state index in [0.29, 0.717) is 18.9 Å². The molecule has 0 bridgehead atoms. The highest BCUT2D eigenvalue weighted by Crippen LogP contribution is 2.23. The molecule has 2 rings (SSSR count). The van der Waals surface area contributed by atoms with Gasteiger partial charge in [0.1, 0.15) is 23.7 Å². The normalized spacial score (nSPS) is 16.0. The largest absolute Gasteiger partial charge is 0.507 e. The number of aromatic carboxylic acids is 1. The Labute approximate surface area is 117 Å². The predicted octanol–water partition coefficient (Wildman–Crippen LogP) is 0.227. The van der Waals surface area contributed by atoms with Gasteiger partial charge in [0, 0.05) is 19.2 Å². The number of carboxylic acid groups (broad SMARTS) is 1. The van der Waals surface area contributed by atoms with E-state index in [4.69, 9.17) is 9.84 Å². The van der Waals surface area contributed by atoms with E-state index in [-0.39, 0.29) is 11.3 Å². The number of rotatable bonds is 6. The SMILES string of the molecule is O=C(O)c1ccc(OCCNN2CCCNC2)cc1O. The van der Waals surface area contributed by atoms with Crippen molar-refractivity contribution in [2.45, 2.75) is 6.42 Å². The molecule has 0 spiro atoms. The Morgan fingerprint density at radius 3 is 3.00 bits per heavy atom. The Balaban J connectivity index is 1.73. The molecule has 1 saturated heterocycles. The van der Waals surface area contributed by atoms with Crippen molar-refractivity contribution in [2.75, 3.05) is 32.9 Å². The highest BCUT2D eigenvalue weighted by molar-refractivity contribution is 5.90. The first kappa shape index (κ1) is 14.6. The van der Waals surface area contributed by atoms with Gasteiger partial charge >= 0.3 is 5.97 Å². The van der Waals surface area contributed by atoms with Crippen LogP contribution in [-0.4, -0.2) is 54.1 Å². The molecule has 4 N–H and O–H groups in total. The summed E-state index contributed by atoms with van der Waals surface area (Å²) in [5, 5.41) is 23.7. The summed E-state index contributed by atoms with van der Waals surface area (Å²) < 4.78 is 5.45. The minimum atomic E-state index is -1.16. The first-order chi connectivity index (χ1) is 9.66. The Morgan fingerprint density at radius 1 is 1.50 bits per heavy atom. The van der Waals surface area contributed by atoms with Gasteiger partial charge in [-0.25, -0.2) is 9.80 Å². The zero-order chi connectivity index (χ0) is 14.4. The van der Waals surface area contributed by atoms with Gasteiger partial charge in [-0.05, 0) is 25.1 Å². The van der Waals surface area contributed by atoms with Gasteiger partial charge < -0.3 is 20.3 Å². The van der Waals surface area contributed by atoms with Gasteiger partial charge in [-0.3, -0.25) is 5.43 Å². The van der Waals surface area contributed by atoms with Crippen molar-refractivity contribution in [3.05, 3.63) is 23.8 Å². The molecule has 7 heteroatoms. The molecule has 1 aliphatic rings. The second-order valence-corrected chi connectivity index (χ2v) is 4.52. The van der Waals surface area contributed by atoms with Gasteiger partial charge in [-0.1, -0.05) is 0 Å². The molecule has 0 amide bonds. The molecule has 0 aromatic heterocycles. The van der Waals surface area contributed by atoms with Crippen LogP contribution in [0.15, 0.2) is 18.2 Å². The van der Waals surface area contributed by atoms with E-state index < -0.39 is 5.97 Å². The third-order valence-corrected chi connectivity index (χ3v) is 2.99. The molecule has 0 aliphatic carbocycles. The van der Waals surface area contributed by atoms with Crippen LogP contribution in [-0.2, 0) is 0 Å². The average Bonchev–Trinajstić information content (AvgIpc) is 2.44. The van der Waals surface area contributed by atoms with Crippen LogP contribution in [0.4, 0.5) is 0 Å². The molecule has 1 aromatic rings. The highest BCUT2D eigenvalue weighted by Gasteiger charge is 2.10. The van der Waals surface area contributed by atoms with E-state index >= 15 is 0 Å². The van der Waals surface area contributed by atoms with Crippen LogP contribution < -0.4 is 15.5 Å². The molecule has 1 aromatic carbocycles. The topological polar surface area (TPSA) is 94.1 Å². The van der Waals surface area contributed by atoms with Crippen LogP contribution in [0.3, 0.4) is 0 Å². The molecule has 110 valence electrons. The number of benzene rings is 1. The van der Waals surface area contributed by atoms with E-state index in [1.165, 1.54) is 18.2 Å². The molecule has 0 saturated carbocycles. The number of phenols is 1. The molecule has 1 aliphatic heterocycles. The monoisotopic (exact) mass is 281 g/mol. The second-order valence-electron chi connectivity index (χ2n) is 4.52. The number of ether oxygens (including phenoxy) is 1. The summed E-state index contributed by atoms with van der Waals surface area (Å²) in [5.74, 6) is -0.998. The molecular formula is C13H19N3O4. The van der Waals surface area contributed by atoms with Crippen molar-refractivity contribution in [1.29, 1.82) is 0 Å². The molecule has 1 heterocycles. The van der Waals surface area contributed by atoms with Crippen LogP contribution in [0.25, 0.3) is 0 Å². The van der Waals surface area contributed by atoms with E-state index in [9.17, 15) is 9.90 Å². The maximum Gasteiger partial charge on any atom is 0.339 e. The van der Waals surface area contributed by atoms with E-state index in [1.54, 1.807) is 0 Å². The lowest BCUT2D eigenvalue weighted by molar-refractivity contribution is 0.0693. The Morgan fingerprint density at radius 2 is 2.35 bits per heavy atom. The van der Waals surface area contributed by atoms with Gasteiger partial charge in [0.2, 0.25) is 0 Å². The number of nitrogens with zero attached hydrogens (tertiary/aromatic N) is 1. The van der Waals surface area contributed by atoms with E-state index in [0.717, 1.165) is 26.2 Å². The third-order valence-electron chi connectivity index (χ3n) is 2.99. The van der Waals surface area contributed by atoms with Gasteiger partial charge in [-0.15, -0.1) is 0 Å². The first-order valence-corrected chi connectivity index (χ1v) is 6.55. The number of nitrogens with one attached hydrogen (secondary N) is 2. The van der Waals surface area contributed by atoms with Crippen molar-refractivity contribution in [3.8, 4) is 11.5 Å². The fourth-order valence-electron chi connectivity index (χ4n) is 1.98. The second kappa shape index (κ2) is 7.09. The smallest absolute Gasteiger partial charge is 0.339 e. The van der Waals surface area contributed by atoms with Gasteiger partial charge in [-0.2, -0.15) is 0 Å². The minimum absolute atomic E-state index is 0.130. The van der Waals surface area contributed by atoms with Gasteiger partial charge in [0.05, 0.1) is 6.67 Å². The number of aromatic hydroxyl groups is 1. The van der Waals surface area contributed by atoms with Crippen molar-refractivity contribution in [2.24, 2.45) is 0 Å². The van der Waals surface area contributed by atoms with Gasteiger partial charge in [0.25, 0.3) is 0 Å². The van der Waals surface area contributed by atoms with Crippen LogP contribution in [0.1, 0.15) is 16.8 Å². The lowest BCUT2D eigenvalue weighted by atomic mass is 10.2. The summed E-state index contributed by atoms with van der Waals surface area (Å²) in [6, 6.07) is 4.17. The quantitative estimate of drug-likeness (QED) is 0.554. The molecule has 7 nitrogen and oxygen atoms in total. The fourth-order valence-corrected chi connectivity index (χ4v) is 1.98. The predicted molar refractivity (Wildman–Crippen MR) is 72.8 cm³/mol. The Hall–Kier alpha value is -1.83. The van der Waals surface area contributed by atoms with Crippen molar-refractivity contribution < 1.29 is 19.7 Å². The van der Waals surface area contributed by atoms with Crippen LogP contribution >= 0.6 is 0 Å². The summed E-state index contributed by atoms with van der Waals surface area (Å²) in [4.78, 5) is 10.7. The maximum atomic E-state index is 10.7. The van der Waals surface area contributed by atoms with E-state index in [1.807, 2.05) is 0 Å². The lowest BCUT2D eigenvalue weighted by Gasteiger charge is -2.27. The molecular weight excluding hydrogens is 262 g/mol. The maximum absolute atomic E-state index is 10.7. The number of carbonyl (C=O) groups is 1. The summed E-state index contributed by atoms with van der Waals surface area (Å²) in [7, 11) is 0. The van der Waals surface area contributed by atoms with Crippen LogP contribution in [0.2, 0.25) is 0 Å². The molecule has 0 unspecified atom stereocenters. The van der Waals surface area contributed by atoms with Crippen LogP contribution in [0, 0.1) is 0 Å².